The monoisotopic (exact) mass is 269 g/mol. The highest BCUT2D eigenvalue weighted by atomic mass is 16.1. The van der Waals surface area contributed by atoms with Gasteiger partial charge in [0.1, 0.15) is 6.29 Å². The van der Waals surface area contributed by atoms with E-state index in [-0.39, 0.29) is 5.92 Å². The molecule has 4 atom stereocenters. The van der Waals surface area contributed by atoms with Crippen LogP contribution in [-0.4, -0.2) is 18.9 Å². The average Bonchev–Trinajstić information content (AvgIpc) is 2.48. The van der Waals surface area contributed by atoms with Gasteiger partial charge in [-0.3, -0.25) is 0 Å². The van der Waals surface area contributed by atoms with E-state index >= 15 is 0 Å². The van der Waals surface area contributed by atoms with E-state index in [1.54, 1.807) is 0 Å². The molecule has 2 fully saturated rings. The van der Waals surface area contributed by atoms with Crippen molar-refractivity contribution in [2.75, 3.05) is 6.54 Å². The van der Waals surface area contributed by atoms with Crippen molar-refractivity contribution in [3.8, 4) is 0 Å². The van der Waals surface area contributed by atoms with Crippen molar-refractivity contribution in [3.05, 3.63) is 34.9 Å². The zero-order valence-corrected chi connectivity index (χ0v) is 12.2. The predicted molar refractivity (Wildman–Crippen MR) is 80.0 cm³/mol. The maximum atomic E-state index is 11.7. The Morgan fingerprint density at radius 2 is 2.20 bits per heavy atom. The van der Waals surface area contributed by atoms with E-state index < -0.39 is 0 Å². The molecule has 0 aromatic heterocycles. The third-order valence-electron chi connectivity index (χ3n) is 6.12. The van der Waals surface area contributed by atoms with Crippen LogP contribution in [0.4, 0.5) is 0 Å². The highest BCUT2D eigenvalue weighted by molar-refractivity contribution is 5.68. The summed E-state index contributed by atoms with van der Waals surface area (Å²) in [5.74, 6) is 0.719. The van der Waals surface area contributed by atoms with Gasteiger partial charge in [-0.25, -0.2) is 0 Å². The number of aryl methyl sites for hydroxylation is 1. The third kappa shape index (κ3) is 1.52. The minimum atomic E-state index is 0.0575. The number of nitrogens with one attached hydrogen (secondary N) is 1. The molecular weight excluding hydrogens is 246 g/mol. The lowest BCUT2D eigenvalue weighted by atomic mass is 9.50. The quantitative estimate of drug-likeness (QED) is 0.794. The van der Waals surface area contributed by atoms with Crippen LogP contribution in [-0.2, 0) is 10.2 Å². The summed E-state index contributed by atoms with van der Waals surface area (Å²) in [4.78, 5) is 11.7. The van der Waals surface area contributed by atoms with Crippen molar-refractivity contribution in [1.82, 2.24) is 5.32 Å². The van der Waals surface area contributed by atoms with Gasteiger partial charge >= 0.3 is 0 Å². The number of hydrogen-bond acceptors (Lipinski definition) is 2. The van der Waals surface area contributed by atoms with Crippen LogP contribution in [0.5, 0.6) is 0 Å². The zero-order valence-electron chi connectivity index (χ0n) is 12.2. The first kappa shape index (κ1) is 12.6. The smallest absolute Gasteiger partial charge is 0.129 e. The second-order valence-electron chi connectivity index (χ2n) is 6.99. The molecule has 1 unspecified atom stereocenters. The SMILES string of the molecule is Cc1ccc2c(c1)[C@@]13CCCC[C@H]1[C@H](NCC3)C2C=O. The Hall–Kier alpha value is -1.15. The largest absolute Gasteiger partial charge is 0.313 e. The summed E-state index contributed by atoms with van der Waals surface area (Å²) in [6.45, 7) is 3.25. The van der Waals surface area contributed by atoms with E-state index in [1.807, 2.05) is 0 Å². The Morgan fingerprint density at radius 1 is 1.30 bits per heavy atom. The summed E-state index contributed by atoms with van der Waals surface area (Å²) in [6, 6.07) is 7.14. The average molecular weight is 269 g/mol. The van der Waals surface area contributed by atoms with Gasteiger partial charge in [-0.2, -0.15) is 0 Å². The minimum Gasteiger partial charge on any atom is -0.313 e. The van der Waals surface area contributed by atoms with Gasteiger partial charge in [0.25, 0.3) is 0 Å². The summed E-state index contributed by atoms with van der Waals surface area (Å²) >= 11 is 0. The number of hydrogen-bond donors (Lipinski definition) is 1. The fraction of sp³-hybridized carbons (Fsp3) is 0.611. The van der Waals surface area contributed by atoms with Crippen LogP contribution in [0.25, 0.3) is 0 Å². The molecule has 1 saturated heterocycles. The summed E-state index contributed by atoms with van der Waals surface area (Å²) in [5.41, 5.74) is 4.51. The van der Waals surface area contributed by atoms with Gasteiger partial charge < -0.3 is 10.1 Å². The molecule has 1 aromatic carbocycles. The molecule has 1 aliphatic heterocycles. The van der Waals surface area contributed by atoms with Crippen molar-refractivity contribution in [1.29, 1.82) is 0 Å². The number of fused-ring (bicyclic) bond motifs is 1. The summed E-state index contributed by atoms with van der Waals surface area (Å²) < 4.78 is 0. The zero-order chi connectivity index (χ0) is 13.7. The van der Waals surface area contributed by atoms with Gasteiger partial charge in [0.15, 0.2) is 0 Å². The van der Waals surface area contributed by atoms with Gasteiger partial charge in [0.2, 0.25) is 0 Å². The molecule has 0 radical (unpaired) electrons. The maximum Gasteiger partial charge on any atom is 0.129 e. The van der Waals surface area contributed by atoms with Crippen molar-refractivity contribution in [2.45, 2.75) is 56.4 Å². The van der Waals surface area contributed by atoms with E-state index in [4.69, 9.17) is 0 Å². The van der Waals surface area contributed by atoms with E-state index in [0.717, 1.165) is 6.54 Å². The second-order valence-corrected chi connectivity index (χ2v) is 6.99. The van der Waals surface area contributed by atoms with Gasteiger partial charge in [-0.1, -0.05) is 36.6 Å². The van der Waals surface area contributed by atoms with Crippen LogP contribution in [0.2, 0.25) is 0 Å². The second kappa shape index (κ2) is 4.42. The van der Waals surface area contributed by atoms with Gasteiger partial charge in [0.05, 0.1) is 5.92 Å². The maximum absolute atomic E-state index is 11.7. The Bertz CT molecular complexity index is 548. The van der Waals surface area contributed by atoms with Crippen molar-refractivity contribution < 1.29 is 4.79 Å². The van der Waals surface area contributed by atoms with E-state index in [9.17, 15) is 4.79 Å². The van der Waals surface area contributed by atoms with Gasteiger partial charge in [-0.05, 0) is 49.8 Å². The lowest BCUT2D eigenvalue weighted by Gasteiger charge is -2.57. The van der Waals surface area contributed by atoms with Crippen molar-refractivity contribution >= 4 is 6.29 Å². The molecule has 2 aliphatic carbocycles. The molecule has 3 aliphatic rings. The van der Waals surface area contributed by atoms with Crippen LogP contribution in [0.15, 0.2) is 18.2 Å². The van der Waals surface area contributed by atoms with E-state index in [2.05, 4.69) is 30.4 Å². The fourth-order valence-corrected chi connectivity index (χ4v) is 5.29. The minimum absolute atomic E-state index is 0.0575. The Balaban J connectivity index is 1.96. The Labute approximate surface area is 121 Å². The normalized spacial score (nSPS) is 38.8. The molecule has 2 bridgehead atoms. The molecule has 1 heterocycles. The Morgan fingerprint density at radius 3 is 3.05 bits per heavy atom. The third-order valence-corrected chi connectivity index (χ3v) is 6.12. The topological polar surface area (TPSA) is 29.1 Å². The Kier molecular flexibility index (Phi) is 2.78. The number of rotatable bonds is 1. The molecule has 0 spiro atoms. The van der Waals surface area contributed by atoms with Crippen molar-refractivity contribution in [2.24, 2.45) is 5.92 Å². The highest BCUT2D eigenvalue weighted by Gasteiger charge is 2.54. The van der Waals surface area contributed by atoms with Crippen LogP contribution >= 0.6 is 0 Å². The summed E-state index contributed by atoms with van der Waals surface area (Å²) in [5, 5.41) is 3.67. The number of piperidine rings is 1. The molecule has 0 amide bonds. The van der Waals surface area contributed by atoms with Crippen LogP contribution in [0.3, 0.4) is 0 Å². The molecule has 1 aromatic rings. The van der Waals surface area contributed by atoms with Crippen LogP contribution in [0, 0.1) is 12.8 Å². The number of carbonyl (C=O) groups is 1. The molecule has 20 heavy (non-hydrogen) atoms. The highest BCUT2D eigenvalue weighted by Crippen LogP contribution is 2.56. The molecule has 4 rings (SSSR count). The lowest BCUT2D eigenvalue weighted by Crippen LogP contribution is -2.61. The molecular formula is C18H23NO. The van der Waals surface area contributed by atoms with E-state index in [1.165, 1.54) is 55.1 Å². The van der Waals surface area contributed by atoms with E-state index in [0.29, 0.717) is 17.4 Å². The summed E-state index contributed by atoms with van der Waals surface area (Å²) in [6.07, 6.45) is 7.72. The molecule has 2 heteroatoms. The van der Waals surface area contributed by atoms with Crippen LogP contribution < -0.4 is 5.32 Å². The lowest BCUT2D eigenvalue weighted by molar-refractivity contribution is -0.111. The first-order chi connectivity index (χ1) is 9.76. The summed E-state index contributed by atoms with van der Waals surface area (Å²) in [7, 11) is 0. The first-order valence-corrected chi connectivity index (χ1v) is 8.06. The fourth-order valence-electron chi connectivity index (χ4n) is 5.29. The standard InChI is InChI=1S/C18H23NO/c1-12-5-6-13-14(11-20)17-15-4-2-3-7-18(15,8-9-19-17)16(13)10-12/h5-6,10-11,14-15,17,19H,2-4,7-9H2,1H3/t14?,15-,17+,18+/m0/s1. The number of aldehydes is 1. The molecule has 2 nitrogen and oxygen atoms in total. The first-order valence-electron chi connectivity index (χ1n) is 8.06. The molecule has 106 valence electrons. The number of benzene rings is 1. The van der Waals surface area contributed by atoms with Gasteiger partial charge in [0, 0.05) is 11.5 Å². The van der Waals surface area contributed by atoms with Crippen molar-refractivity contribution in [3.63, 3.8) is 0 Å². The van der Waals surface area contributed by atoms with Crippen LogP contribution in [0.1, 0.15) is 54.7 Å². The molecule has 1 N–H and O–H groups in total. The molecule has 1 saturated carbocycles. The number of carbonyl (C=O) groups excluding carboxylic acids is 1. The predicted octanol–water partition coefficient (Wildman–Crippen LogP) is 3.08. The van der Waals surface area contributed by atoms with Gasteiger partial charge in [-0.15, -0.1) is 0 Å².